The number of sulfonamides is 1. The molecule has 0 amide bonds. The second-order valence-corrected chi connectivity index (χ2v) is 7.07. The van der Waals surface area contributed by atoms with Gasteiger partial charge in [0.2, 0.25) is 0 Å². The highest BCUT2D eigenvalue weighted by Crippen LogP contribution is 2.27. The average Bonchev–Trinajstić information content (AvgIpc) is 2.95. The van der Waals surface area contributed by atoms with Crippen molar-refractivity contribution in [3.63, 3.8) is 0 Å². The van der Waals surface area contributed by atoms with E-state index in [1.807, 2.05) is 6.92 Å². The second-order valence-electron chi connectivity index (χ2n) is 4.02. The van der Waals surface area contributed by atoms with Crippen LogP contribution in [-0.4, -0.2) is 23.3 Å². The lowest BCUT2D eigenvalue weighted by Gasteiger charge is -2.02. The van der Waals surface area contributed by atoms with E-state index in [1.54, 1.807) is 23.9 Å². The van der Waals surface area contributed by atoms with Gasteiger partial charge in [0.25, 0.3) is 10.0 Å². The molecule has 0 saturated heterocycles. The topological polar surface area (TPSA) is 84.2 Å². The average molecular weight is 301 g/mol. The molecule has 0 fully saturated rings. The summed E-state index contributed by atoms with van der Waals surface area (Å²) in [6.45, 7) is 4.21. The molecule has 0 atom stereocenters. The molecule has 2 N–H and O–H groups in total. The molecule has 0 aliphatic heterocycles. The van der Waals surface area contributed by atoms with Crippen molar-refractivity contribution in [1.82, 2.24) is 9.78 Å². The van der Waals surface area contributed by atoms with E-state index in [2.05, 4.69) is 9.82 Å². The Balaban J connectivity index is 2.26. The van der Waals surface area contributed by atoms with Gasteiger partial charge < -0.3 is 5.11 Å². The summed E-state index contributed by atoms with van der Waals surface area (Å²) in [6, 6.07) is 1.56. The Hall–Kier alpha value is -1.38. The van der Waals surface area contributed by atoms with Crippen molar-refractivity contribution in [2.75, 3.05) is 4.72 Å². The van der Waals surface area contributed by atoms with E-state index in [0.717, 1.165) is 16.9 Å². The molecule has 2 aromatic rings. The molecule has 104 valence electrons. The molecule has 2 rings (SSSR count). The maximum absolute atomic E-state index is 12.2. The summed E-state index contributed by atoms with van der Waals surface area (Å²) in [7, 11) is -3.62. The van der Waals surface area contributed by atoms with Crippen LogP contribution in [0.5, 0.6) is 0 Å². The van der Waals surface area contributed by atoms with Crippen molar-refractivity contribution in [2.24, 2.45) is 0 Å². The van der Waals surface area contributed by atoms with Crippen molar-refractivity contribution in [2.45, 2.75) is 31.2 Å². The Bertz CT molecular complexity index is 673. The summed E-state index contributed by atoms with van der Waals surface area (Å²) < 4.78 is 28.6. The number of rotatable bonds is 5. The van der Waals surface area contributed by atoms with Gasteiger partial charge in [0.05, 0.1) is 18.5 Å². The van der Waals surface area contributed by atoms with Crippen molar-refractivity contribution < 1.29 is 13.5 Å². The summed E-state index contributed by atoms with van der Waals surface area (Å²) in [6.07, 6.45) is 3.10. The molecule has 0 bridgehead atoms. The zero-order valence-electron chi connectivity index (χ0n) is 10.6. The Kier molecular flexibility index (Phi) is 3.93. The molecular formula is C11H15N3O3S2. The minimum atomic E-state index is -3.62. The van der Waals surface area contributed by atoms with Crippen molar-refractivity contribution >= 4 is 27.0 Å². The molecule has 2 heterocycles. The Morgan fingerprint density at radius 3 is 2.79 bits per heavy atom. The van der Waals surface area contributed by atoms with E-state index in [0.29, 0.717) is 17.1 Å². The molecule has 0 unspecified atom stereocenters. The monoisotopic (exact) mass is 301 g/mol. The lowest BCUT2D eigenvalue weighted by molar-refractivity contribution is 0.285. The van der Waals surface area contributed by atoms with Gasteiger partial charge in [-0.1, -0.05) is 0 Å². The molecular weight excluding hydrogens is 286 g/mol. The minimum absolute atomic E-state index is 0.153. The lowest BCUT2D eigenvalue weighted by Crippen LogP contribution is -2.10. The van der Waals surface area contributed by atoms with Gasteiger partial charge in [0.15, 0.2) is 0 Å². The van der Waals surface area contributed by atoms with Crippen molar-refractivity contribution in [3.05, 3.63) is 28.9 Å². The van der Waals surface area contributed by atoms with Crippen LogP contribution in [0.1, 0.15) is 17.4 Å². The predicted molar refractivity (Wildman–Crippen MR) is 73.7 cm³/mol. The van der Waals surface area contributed by atoms with Crippen LogP contribution in [0.3, 0.4) is 0 Å². The Morgan fingerprint density at radius 2 is 2.26 bits per heavy atom. The molecule has 0 radical (unpaired) electrons. The first-order chi connectivity index (χ1) is 8.96. The quantitative estimate of drug-likeness (QED) is 0.878. The molecule has 0 aliphatic carbocycles. The van der Waals surface area contributed by atoms with Gasteiger partial charge >= 0.3 is 0 Å². The van der Waals surface area contributed by atoms with Gasteiger partial charge in [-0.25, -0.2) is 8.42 Å². The van der Waals surface area contributed by atoms with Gasteiger partial charge in [-0.05, 0) is 25.5 Å². The molecule has 0 spiro atoms. The molecule has 2 aromatic heterocycles. The fourth-order valence-electron chi connectivity index (χ4n) is 1.57. The molecule has 19 heavy (non-hydrogen) atoms. The first-order valence-electron chi connectivity index (χ1n) is 5.71. The van der Waals surface area contributed by atoms with Crippen LogP contribution >= 0.6 is 11.3 Å². The van der Waals surface area contributed by atoms with E-state index in [1.165, 1.54) is 6.20 Å². The zero-order valence-corrected chi connectivity index (χ0v) is 12.3. The number of hydrogen-bond acceptors (Lipinski definition) is 5. The summed E-state index contributed by atoms with van der Waals surface area (Å²) in [5.74, 6) is 0. The summed E-state index contributed by atoms with van der Waals surface area (Å²) in [5.41, 5.74) is 1.20. The van der Waals surface area contributed by atoms with Crippen LogP contribution in [0.2, 0.25) is 0 Å². The number of aliphatic hydroxyl groups excluding tert-OH is 1. The third-order valence-corrected chi connectivity index (χ3v) is 5.69. The maximum atomic E-state index is 12.2. The smallest absolute Gasteiger partial charge is 0.271 e. The standard InChI is InChI=1S/C11H15N3O3S2/c1-3-14-6-9(5-12-14)13-19(16,17)11-4-8(2)10(7-15)18-11/h4-6,13,15H,3,7H2,1-2H3. The molecule has 0 saturated carbocycles. The van der Waals surface area contributed by atoms with Crippen LogP contribution in [-0.2, 0) is 23.2 Å². The van der Waals surface area contributed by atoms with Gasteiger partial charge in [-0.2, -0.15) is 5.10 Å². The molecule has 0 aromatic carbocycles. The lowest BCUT2D eigenvalue weighted by atomic mass is 10.3. The van der Waals surface area contributed by atoms with Gasteiger partial charge in [0.1, 0.15) is 4.21 Å². The van der Waals surface area contributed by atoms with E-state index >= 15 is 0 Å². The maximum Gasteiger partial charge on any atom is 0.271 e. The minimum Gasteiger partial charge on any atom is -0.391 e. The summed E-state index contributed by atoms with van der Waals surface area (Å²) >= 11 is 1.07. The number of nitrogens with zero attached hydrogens (tertiary/aromatic N) is 2. The molecule has 6 nitrogen and oxygen atoms in total. The third kappa shape index (κ3) is 2.96. The number of hydrogen-bond donors (Lipinski definition) is 2. The van der Waals surface area contributed by atoms with Crippen LogP contribution in [0, 0.1) is 6.92 Å². The zero-order chi connectivity index (χ0) is 14.0. The highest BCUT2D eigenvalue weighted by atomic mass is 32.2. The largest absolute Gasteiger partial charge is 0.391 e. The third-order valence-electron chi connectivity index (χ3n) is 2.62. The number of anilines is 1. The Labute approximate surface area is 115 Å². The number of thiophene rings is 1. The van der Waals surface area contributed by atoms with Crippen LogP contribution in [0.4, 0.5) is 5.69 Å². The van der Waals surface area contributed by atoms with E-state index in [4.69, 9.17) is 5.11 Å². The number of aliphatic hydroxyl groups is 1. The summed E-state index contributed by atoms with van der Waals surface area (Å²) in [4.78, 5) is 0.657. The first-order valence-corrected chi connectivity index (χ1v) is 8.01. The normalized spacial score (nSPS) is 11.7. The van der Waals surface area contributed by atoms with Crippen molar-refractivity contribution in [1.29, 1.82) is 0 Å². The fraction of sp³-hybridized carbons (Fsp3) is 0.364. The first kappa shape index (κ1) is 14.0. The number of nitrogens with one attached hydrogen (secondary N) is 1. The van der Waals surface area contributed by atoms with Crippen LogP contribution < -0.4 is 4.72 Å². The molecule has 0 aliphatic rings. The van der Waals surface area contributed by atoms with E-state index < -0.39 is 10.0 Å². The molecule has 8 heteroatoms. The highest BCUT2D eigenvalue weighted by Gasteiger charge is 2.19. The second kappa shape index (κ2) is 5.32. The van der Waals surface area contributed by atoms with Crippen LogP contribution in [0.25, 0.3) is 0 Å². The number of aromatic nitrogens is 2. The Morgan fingerprint density at radius 1 is 1.53 bits per heavy atom. The highest BCUT2D eigenvalue weighted by molar-refractivity contribution is 7.94. The van der Waals surface area contributed by atoms with Gasteiger partial charge in [-0.3, -0.25) is 9.40 Å². The fourth-order valence-corrected chi connectivity index (χ4v) is 4.05. The van der Waals surface area contributed by atoms with Gasteiger partial charge in [0, 0.05) is 17.6 Å². The van der Waals surface area contributed by atoms with Crippen molar-refractivity contribution in [3.8, 4) is 0 Å². The SMILES string of the molecule is CCn1cc(NS(=O)(=O)c2cc(C)c(CO)s2)cn1. The van der Waals surface area contributed by atoms with Gasteiger partial charge in [-0.15, -0.1) is 11.3 Å². The van der Waals surface area contributed by atoms with Crippen LogP contribution in [0.15, 0.2) is 22.7 Å². The summed E-state index contributed by atoms with van der Waals surface area (Å²) in [5, 5.41) is 13.1. The predicted octanol–water partition coefficient (Wildman–Crippen LogP) is 1.57. The van der Waals surface area contributed by atoms with E-state index in [-0.39, 0.29) is 10.8 Å². The van der Waals surface area contributed by atoms with E-state index in [9.17, 15) is 8.42 Å². The number of aryl methyl sites for hydroxylation is 2.